The van der Waals surface area contributed by atoms with Crippen LogP contribution < -0.4 is 32.1 Å². The summed E-state index contributed by atoms with van der Waals surface area (Å²) in [6, 6.07) is 12.3. The molecule has 8 atom stereocenters. The number of rotatable bonds is 13. The normalized spacial score (nSPS) is 22.2. The minimum atomic E-state index is -1.07. The quantitative estimate of drug-likeness (QED) is 0.0555. The highest BCUT2D eigenvalue weighted by Crippen LogP contribution is 2.29. The average molecular weight is 1160 g/mol. The highest BCUT2D eigenvalue weighted by atomic mass is 16.6. The van der Waals surface area contributed by atoms with Crippen molar-refractivity contribution < 1.29 is 47.8 Å². The number of aromatic nitrogens is 2. The van der Waals surface area contributed by atoms with Gasteiger partial charge in [-0.15, -0.1) is 6.58 Å². The van der Waals surface area contributed by atoms with Gasteiger partial charge in [0, 0.05) is 36.3 Å². The number of hydrogen-bond donors (Lipinski definition) is 6. The Morgan fingerprint density at radius 3 is 2.17 bits per heavy atom. The number of benzene rings is 2. The van der Waals surface area contributed by atoms with E-state index in [1.165, 1.54) is 10.0 Å². The molecular formula is C64H86N10O10. The molecule has 3 aliphatic heterocycles. The summed E-state index contributed by atoms with van der Waals surface area (Å²) >= 11 is 0. The summed E-state index contributed by atoms with van der Waals surface area (Å²) in [6.07, 6.45) is 11.7. The second-order valence-corrected chi connectivity index (χ2v) is 24.2. The van der Waals surface area contributed by atoms with Gasteiger partial charge < -0.3 is 30.7 Å². The van der Waals surface area contributed by atoms with Crippen LogP contribution in [0.15, 0.2) is 86.2 Å². The molecule has 84 heavy (non-hydrogen) atoms. The van der Waals surface area contributed by atoms with E-state index in [1.54, 1.807) is 93.8 Å². The fourth-order valence-corrected chi connectivity index (χ4v) is 9.88. The lowest BCUT2D eigenvalue weighted by Gasteiger charge is -2.35. The third-order valence-electron chi connectivity index (χ3n) is 15.3. The van der Waals surface area contributed by atoms with E-state index in [9.17, 15) is 38.4 Å². The molecule has 5 bridgehead atoms. The molecule has 5 heterocycles. The molecule has 20 heteroatoms. The van der Waals surface area contributed by atoms with Gasteiger partial charge in [0.25, 0.3) is 23.6 Å². The van der Waals surface area contributed by atoms with Crippen LogP contribution >= 0.6 is 0 Å². The molecule has 3 aliphatic rings. The predicted octanol–water partition coefficient (Wildman–Crippen LogP) is 7.65. The monoisotopic (exact) mass is 1150 g/mol. The van der Waals surface area contributed by atoms with E-state index in [-0.39, 0.29) is 47.5 Å². The molecule has 2 aromatic heterocycles. The van der Waals surface area contributed by atoms with Crippen LogP contribution in [0.1, 0.15) is 156 Å². The van der Waals surface area contributed by atoms with Crippen molar-refractivity contribution in [1.29, 1.82) is 0 Å². The zero-order chi connectivity index (χ0) is 61.8. The molecule has 6 amide bonds. The van der Waals surface area contributed by atoms with Gasteiger partial charge in [0.1, 0.15) is 24.2 Å². The molecule has 2 saturated heterocycles. The van der Waals surface area contributed by atoms with Gasteiger partial charge in [0.2, 0.25) is 11.8 Å². The number of nitrogens with one attached hydrogen (secondary N) is 6. The number of ether oxygens (including phenoxy) is 2. The number of cyclic esters (lactones) is 1. The lowest BCUT2D eigenvalue weighted by atomic mass is 9.89. The Kier molecular flexibility index (Phi) is 22.3. The number of carbonyl (C=O) groups is 8. The summed E-state index contributed by atoms with van der Waals surface area (Å²) in [6.45, 7) is 29.4. The fraction of sp³-hybridized carbons (Fsp3) is 0.500. The molecule has 6 N–H and O–H groups in total. The average Bonchev–Trinajstić information content (AvgIpc) is 3.67. The van der Waals surface area contributed by atoms with Crippen molar-refractivity contribution in [2.45, 2.75) is 170 Å². The van der Waals surface area contributed by atoms with Gasteiger partial charge in [0.15, 0.2) is 12.2 Å². The summed E-state index contributed by atoms with van der Waals surface area (Å²) in [5, 5.41) is 18.2. The van der Waals surface area contributed by atoms with Crippen molar-refractivity contribution in [1.82, 2.24) is 52.1 Å². The van der Waals surface area contributed by atoms with Crippen LogP contribution in [0.3, 0.4) is 0 Å². The molecule has 4 aromatic rings. The van der Waals surface area contributed by atoms with Gasteiger partial charge in [-0.25, -0.2) is 10.9 Å². The number of amides is 6. The van der Waals surface area contributed by atoms with E-state index in [2.05, 4.69) is 55.2 Å². The van der Waals surface area contributed by atoms with Crippen LogP contribution in [0.2, 0.25) is 0 Å². The molecule has 0 aliphatic carbocycles. The van der Waals surface area contributed by atoms with Crippen LogP contribution in [-0.4, -0.2) is 117 Å². The van der Waals surface area contributed by atoms with Crippen LogP contribution in [-0.2, 0) is 47.8 Å². The molecule has 2 aromatic carbocycles. The van der Waals surface area contributed by atoms with Crippen molar-refractivity contribution in [3.8, 4) is 0 Å². The Morgan fingerprint density at radius 1 is 0.821 bits per heavy atom. The first-order valence-corrected chi connectivity index (χ1v) is 29.1. The molecule has 7 rings (SSSR count). The maximum atomic E-state index is 13.3. The molecule has 2 fully saturated rings. The first-order chi connectivity index (χ1) is 39.6. The second-order valence-electron chi connectivity index (χ2n) is 24.2. The third kappa shape index (κ3) is 16.9. The Morgan fingerprint density at radius 2 is 1.49 bits per heavy atom. The molecule has 0 saturated carbocycles. The van der Waals surface area contributed by atoms with E-state index < -0.39 is 71.0 Å². The zero-order valence-corrected chi connectivity index (χ0v) is 50.8. The van der Waals surface area contributed by atoms with Gasteiger partial charge in [-0.1, -0.05) is 70.7 Å². The van der Waals surface area contributed by atoms with Gasteiger partial charge in [0.05, 0.1) is 34.3 Å². The molecule has 452 valence electrons. The number of carbonyl (C=O) groups excluding carboxylic acids is 8. The predicted molar refractivity (Wildman–Crippen MR) is 323 cm³/mol. The van der Waals surface area contributed by atoms with Crippen molar-refractivity contribution >= 4 is 81.1 Å². The standard InChI is InChI=1S/C33H45N5O5.C31H41N5O5/c1-9-15-33(7,8)32(42)43-28(20(3)4)30(40)36-22(6)31(41)38-16-11-12-27(37-38)29(39)35-21(5)23-13-14-24-19-34-26(10-2)18-25(24)17-23;1-18(2)26-28(38)34-20(4)29(39)36-14-8-10-25(35-36)27(37)33-19(3)21-11-12-22-17-32-24(16-23(22)15-21)9-7-13-31(5,6)30(40)41-26/h9-10,13-14,17-22,27-28,37H,1-2,11-12,15-16H2,3-8H3,(H,35,39)(H,36,40);7,9,11-12,15-20,25-26,35H,8,10,13-14H2,1-6H3,(H,33,37)(H,34,38)/b;9-7+/t21-,22+,27+,28+;19-,20+,25+,26+/m11/s1. The Balaban J connectivity index is 0.000000270. The lowest BCUT2D eigenvalue weighted by Crippen LogP contribution is -2.61. The first kappa shape index (κ1) is 65.3. The number of hydrazine groups is 2. The highest BCUT2D eigenvalue weighted by molar-refractivity contribution is 5.93. The lowest BCUT2D eigenvalue weighted by molar-refractivity contribution is -0.167. The van der Waals surface area contributed by atoms with Crippen LogP contribution in [0.5, 0.6) is 0 Å². The van der Waals surface area contributed by atoms with E-state index in [1.807, 2.05) is 74.5 Å². The van der Waals surface area contributed by atoms with Crippen LogP contribution in [0.4, 0.5) is 0 Å². The van der Waals surface area contributed by atoms with Crippen molar-refractivity contribution in [2.75, 3.05) is 13.1 Å². The summed E-state index contributed by atoms with van der Waals surface area (Å²) in [5.74, 6) is -3.92. The Labute approximate surface area is 493 Å². The van der Waals surface area contributed by atoms with Crippen molar-refractivity contribution in [3.05, 3.63) is 109 Å². The minimum Gasteiger partial charge on any atom is -0.452 e. The molecule has 0 radical (unpaired) electrons. The number of hydrogen-bond acceptors (Lipinski definition) is 14. The fourth-order valence-electron chi connectivity index (χ4n) is 9.88. The topological polar surface area (TPSA) is 259 Å². The molecule has 20 nitrogen and oxygen atoms in total. The number of nitrogens with zero attached hydrogens (tertiary/aromatic N) is 4. The summed E-state index contributed by atoms with van der Waals surface area (Å²) in [7, 11) is 0. The minimum absolute atomic E-state index is 0.207. The van der Waals surface area contributed by atoms with Crippen LogP contribution in [0.25, 0.3) is 33.7 Å². The maximum absolute atomic E-state index is 13.3. The van der Waals surface area contributed by atoms with Crippen molar-refractivity contribution in [2.24, 2.45) is 22.7 Å². The number of allylic oxidation sites excluding steroid dienone is 2. The first-order valence-electron chi connectivity index (χ1n) is 29.1. The van der Waals surface area contributed by atoms with E-state index >= 15 is 0 Å². The third-order valence-corrected chi connectivity index (χ3v) is 15.3. The van der Waals surface area contributed by atoms with Gasteiger partial charge >= 0.3 is 11.9 Å². The molecule has 0 unspecified atom stereocenters. The van der Waals surface area contributed by atoms with E-state index in [0.29, 0.717) is 51.6 Å². The zero-order valence-electron chi connectivity index (χ0n) is 50.8. The van der Waals surface area contributed by atoms with Crippen LogP contribution in [0, 0.1) is 22.7 Å². The molecular weight excluding hydrogens is 1070 g/mol. The van der Waals surface area contributed by atoms with Gasteiger partial charge in [-0.05, 0) is 164 Å². The smallest absolute Gasteiger partial charge is 0.312 e. The summed E-state index contributed by atoms with van der Waals surface area (Å²) in [5.41, 5.74) is 7.74. The van der Waals surface area contributed by atoms with Gasteiger partial charge in [-0.2, -0.15) is 0 Å². The van der Waals surface area contributed by atoms with E-state index in [4.69, 9.17) is 9.47 Å². The van der Waals surface area contributed by atoms with E-state index in [0.717, 1.165) is 44.1 Å². The number of esters is 2. The van der Waals surface area contributed by atoms with Crippen molar-refractivity contribution in [3.63, 3.8) is 0 Å². The molecule has 0 spiro atoms. The largest absolute Gasteiger partial charge is 0.452 e. The Hall–Kier alpha value is -7.84. The summed E-state index contributed by atoms with van der Waals surface area (Å²) in [4.78, 5) is 114. The Bertz CT molecular complexity index is 3140. The highest BCUT2D eigenvalue weighted by Gasteiger charge is 2.39. The number of pyridine rings is 2. The SMILES string of the molecule is C=CCC(C)(C)C(=O)O[C@H](C(=O)N[C@@H](C)C(=O)N1CCC[C@@H](C(=O)N[C@H](C)c2ccc3cnc(C=C)cc3c2)N1)C(C)C.CC(C)[C@@H]1OC(=O)C(C)(C)C/C=C/c2cc3cc(ccc3cn2)[C@@H](C)NC(=O)[C@@H]2CCCN(N2)C(=O)[C@H](C)NC1=O. The summed E-state index contributed by atoms with van der Waals surface area (Å²) < 4.78 is 11.3. The maximum Gasteiger partial charge on any atom is 0.312 e. The second kappa shape index (κ2) is 28.6. The number of fused-ring (bicyclic) bond motifs is 5. The van der Waals surface area contributed by atoms with Gasteiger partial charge in [-0.3, -0.25) is 58.3 Å².